The van der Waals surface area contributed by atoms with E-state index in [4.69, 9.17) is 16.7 Å². The van der Waals surface area contributed by atoms with Gasteiger partial charge in [0, 0.05) is 15.1 Å². The monoisotopic (exact) mass is 274 g/mol. The van der Waals surface area contributed by atoms with E-state index in [1.54, 1.807) is 12.1 Å². The van der Waals surface area contributed by atoms with E-state index in [1.807, 2.05) is 6.07 Å². The molecule has 0 bridgehead atoms. The Morgan fingerprint density at radius 1 is 1.50 bits per heavy atom. The predicted molar refractivity (Wildman–Crippen MR) is 57.7 cm³/mol. The lowest BCUT2D eigenvalue weighted by Gasteiger charge is -2.13. The molecule has 0 aromatic heterocycles. The summed E-state index contributed by atoms with van der Waals surface area (Å²) < 4.78 is 0.782. The van der Waals surface area contributed by atoms with Crippen molar-refractivity contribution in [3.8, 4) is 0 Å². The molecule has 0 saturated heterocycles. The van der Waals surface area contributed by atoms with Crippen LogP contribution >= 0.6 is 27.5 Å². The minimum atomic E-state index is -0.786. The van der Waals surface area contributed by atoms with Crippen LogP contribution < -0.4 is 0 Å². The standard InChI is InChI=1S/C10H8BrClO2/c11-6-2-1-3-7(12)8(6)10(4-5-10)9(13)14/h1-3H,4-5H2,(H,13,14). The quantitative estimate of drug-likeness (QED) is 0.900. The molecule has 14 heavy (non-hydrogen) atoms. The number of benzene rings is 1. The second kappa shape index (κ2) is 3.24. The predicted octanol–water partition coefficient (Wildman–Crippen LogP) is 3.22. The number of rotatable bonds is 2. The van der Waals surface area contributed by atoms with Gasteiger partial charge in [0.25, 0.3) is 0 Å². The van der Waals surface area contributed by atoms with Crippen molar-refractivity contribution in [2.24, 2.45) is 0 Å². The molecule has 1 aromatic rings. The van der Waals surface area contributed by atoms with Crippen LogP contribution in [0.15, 0.2) is 22.7 Å². The third kappa shape index (κ3) is 1.35. The van der Waals surface area contributed by atoms with Gasteiger partial charge in [0.05, 0.1) is 5.41 Å². The summed E-state index contributed by atoms with van der Waals surface area (Å²) in [6.45, 7) is 0. The lowest BCUT2D eigenvalue weighted by molar-refractivity contribution is -0.140. The Balaban J connectivity index is 2.56. The molecule has 1 aromatic carbocycles. The van der Waals surface area contributed by atoms with E-state index in [2.05, 4.69) is 15.9 Å². The van der Waals surface area contributed by atoms with Gasteiger partial charge in [0.2, 0.25) is 0 Å². The van der Waals surface area contributed by atoms with E-state index >= 15 is 0 Å². The summed E-state index contributed by atoms with van der Waals surface area (Å²) in [7, 11) is 0. The molecular formula is C10H8BrClO2. The van der Waals surface area contributed by atoms with E-state index in [1.165, 1.54) is 0 Å². The van der Waals surface area contributed by atoms with Gasteiger partial charge >= 0.3 is 5.97 Å². The summed E-state index contributed by atoms with van der Waals surface area (Å²) in [5.74, 6) is -0.786. The van der Waals surface area contributed by atoms with Crippen LogP contribution in [0.25, 0.3) is 0 Å². The second-order valence-electron chi connectivity index (χ2n) is 3.48. The zero-order chi connectivity index (χ0) is 10.3. The molecule has 0 atom stereocenters. The maximum atomic E-state index is 11.1. The molecule has 0 heterocycles. The van der Waals surface area contributed by atoms with Gasteiger partial charge in [-0.2, -0.15) is 0 Å². The molecule has 0 radical (unpaired) electrons. The molecule has 1 saturated carbocycles. The molecule has 2 rings (SSSR count). The largest absolute Gasteiger partial charge is 0.481 e. The first-order valence-corrected chi connectivity index (χ1v) is 5.43. The smallest absolute Gasteiger partial charge is 0.314 e. The zero-order valence-electron chi connectivity index (χ0n) is 7.26. The number of hydrogen-bond donors (Lipinski definition) is 1. The normalized spacial score (nSPS) is 17.9. The van der Waals surface area contributed by atoms with Gasteiger partial charge in [-0.3, -0.25) is 4.79 Å². The highest BCUT2D eigenvalue weighted by molar-refractivity contribution is 9.10. The van der Waals surface area contributed by atoms with Gasteiger partial charge in [0.1, 0.15) is 0 Å². The molecule has 0 amide bonds. The number of carboxylic acids is 1. The number of aliphatic carboxylic acids is 1. The molecule has 0 unspecified atom stereocenters. The molecular weight excluding hydrogens is 267 g/mol. The lowest BCUT2D eigenvalue weighted by Crippen LogP contribution is -2.20. The van der Waals surface area contributed by atoms with Crippen LogP contribution in [-0.2, 0) is 10.2 Å². The van der Waals surface area contributed by atoms with Crippen molar-refractivity contribution in [3.63, 3.8) is 0 Å². The van der Waals surface area contributed by atoms with Gasteiger partial charge in [-0.15, -0.1) is 0 Å². The van der Waals surface area contributed by atoms with Crippen molar-refractivity contribution in [2.45, 2.75) is 18.3 Å². The summed E-state index contributed by atoms with van der Waals surface area (Å²) in [6, 6.07) is 5.35. The first-order chi connectivity index (χ1) is 6.58. The Kier molecular flexibility index (Phi) is 2.32. The Morgan fingerprint density at radius 2 is 2.14 bits per heavy atom. The van der Waals surface area contributed by atoms with E-state index in [0.29, 0.717) is 23.4 Å². The molecule has 74 valence electrons. The van der Waals surface area contributed by atoms with E-state index in [-0.39, 0.29) is 0 Å². The molecule has 1 fully saturated rings. The maximum absolute atomic E-state index is 11.1. The number of carboxylic acid groups (broad SMARTS) is 1. The lowest BCUT2D eigenvalue weighted by atomic mass is 9.96. The van der Waals surface area contributed by atoms with Gasteiger partial charge in [-0.1, -0.05) is 33.6 Å². The first kappa shape index (κ1) is 9.99. The summed E-state index contributed by atoms with van der Waals surface area (Å²) in [4.78, 5) is 11.1. The molecule has 4 heteroatoms. The van der Waals surface area contributed by atoms with Crippen LogP contribution in [0.4, 0.5) is 0 Å². The van der Waals surface area contributed by atoms with E-state index in [9.17, 15) is 4.79 Å². The summed E-state index contributed by atoms with van der Waals surface area (Å²) in [5, 5.41) is 9.65. The molecule has 1 aliphatic carbocycles. The average molecular weight is 276 g/mol. The third-order valence-corrected chi connectivity index (χ3v) is 3.58. The zero-order valence-corrected chi connectivity index (χ0v) is 9.60. The van der Waals surface area contributed by atoms with Crippen molar-refractivity contribution in [1.29, 1.82) is 0 Å². The van der Waals surface area contributed by atoms with Gasteiger partial charge in [-0.05, 0) is 25.0 Å². The van der Waals surface area contributed by atoms with Gasteiger partial charge < -0.3 is 5.11 Å². The highest BCUT2D eigenvalue weighted by atomic mass is 79.9. The molecule has 0 aliphatic heterocycles. The average Bonchev–Trinajstić information content (AvgIpc) is 2.85. The second-order valence-corrected chi connectivity index (χ2v) is 4.75. The van der Waals surface area contributed by atoms with Crippen molar-refractivity contribution >= 4 is 33.5 Å². The fourth-order valence-electron chi connectivity index (χ4n) is 1.65. The Hall–Kier alpha value is -0.540. The van der Waals surface area contributed by atoms with Crippen molar-refractivity contribution < 1.29 is 9.90 Å². The summed E-state index contributed by atoms with van der Waals surface area (Å²) in [6.07, 6.45) is 1.34. The third-order valence-electron chi connectivity index (χ3n) is 2.60. The fourth-order valence-corrected chi connectivity index (χ4v) is 2.87. The first-order valence-electron chi connectivity index (χ1n) is 4.26. The van der Waals surface area contributed by atoms with Crippen LogP contribution in [0.1, 0.15) is 18.4 Å². The number of carbonyl (C=O) groups is 1. The Labute approximate surface area is 95.0 Å². The molecule has 2 nitrogen and oxygen atoms in total. The van der Waals surface area contributed by atoms with E-state index < -0.39 is 11.4 Å². The van der Waals surface area contributed by atoms with Crippen molar-refractivity contribution in [2.75, 3.05) is 0 Å². The minimum absolute atomic E-state index is 0.527. The molecule has 1 aliphatic rings. The van der Waals surface area contributed by atoms with Gasteiger partial charge in [0.15, 0.2) is 0 Å². The minimum Gasteiger partial charge on any atom is -0.481 e. The highest BCUT2D eigenvalue weighted by Crippen LogP contribution is 2.52. The van der Waals surface area contributed by atoms with Gasteiger partial charge in [-0.25, -0.2) is 0 Å². The van der Waals surface area contributed by atoms with Crippen LogP contribution in [0.5, 0.6) is 0 Å². The Morgan fingerprint density at radius 3 is 2.57 bits per heavy atom. The molecule has 0 spiro atoms. The van der Waals surface area contributed by atoms with Crippen molar-refractivity contribution in [3.05, 3.63) is 33.3 Å². The van der Waals surface area contributed by atoms with Crippen LogP contribution in [0.3, 0.4) is 0 Å². The maximum Gasteiger partial charge on any atom is 0.314 e. The fraction of sp³-hybridized carbons (Fsp3) is 0.300. The number of hydrogen-bond acceptors (Lipinski definition) is 1. The SMILES string of the molecule is O=C(O)C1(c2c(Cl)cccc2Br)CC1. The Bertz CT molecular complexity index is 379. The molecule has 1 N–H and O–H groups in total. The number of halogens is 2. The van der Waals surface area contributed by atoms with Crippen LogP contribution in [0.2, 0.25) is 5.02 Å². The van der Waals surface area contributed by atoms with Crippen LogP contribution in [-0.4, -0.2) is 11.1 Å². The van der Waals surface area contributed by atoms with Crippen molar-refractivity contribution in [1.82, 2.24) is 0 Å². The van der Waals surface area contributed by atoms with Crippen LogP contribution in [0, 0.1) is 0 Å². The topological polar surface area (TPSA) is 37.3 Å². The summed E-state index contributed by atoms with van der Waals surface area (Å²) in [5.41, 5.74) is -0.0221. The highest BCUT2D eigenvalue weighted by Gasteiger charge is 2.53. The summed E-state index contributed by atoms with van der Waals surface area (Å²) >= 11 is 9.35. The van der Waals surface area contributed by atoms with E-state index in [0.717, 1.165) is 4.47 Å².